The molecule has 9 heteroatoms. The molecule has 166 valence electrons. The van der Waals surface area contributed by atoms with Crippen molar-refractivity contribution in [2.75, 3.05) is 12.0 Å². The SMILES string of the molecule is COc1ccc(N(C(=N)OCc2nc(-c3ccc(C)cc3)no2)C(=N)c2ccncc2)cc1. The second kappa shape index (κ2) is 9.73. The quantitative estimate of drug-likeness (QED) is 0.335. The number of pyridine rings is 1. The number of nitrogens with one attached hydrogen (secondary N) is 2. The van der Waals surface area contributed by atoms with Gasteiger partial charge in [-0.25, -0.2) is 4.90 Å². The van der Waals surface area contributed by atoms with E-state index in [0.29, 0.717) is 22.8 Å². The van der Waals surface area contributed by atoms with Crippen molar-refractivity contribution < 1.29 is 14.0 Å². The van der Waals surface area contributed by atoms with E-state index in [1.54, 1.807) is 55.9 Å². The molecule has 0 aliphatic rings. The van der Waals surface area contributed by atoms with E-state index in [4.69, 9.17) is 24.8 Å². The molecule has 0 saturated carbocycles. The highest BCUT2D eigenvalue weighted by Crippen LogP contribution is 2.22. The fraction of sp³-hybridized carbons (Fsp3) is 0.125. The van der Waals surface area contributed by atoms with Crippen molar-refractivity contribution in [2.45, 2.75) is 13.5 Å². The second-order valence-corrected chi connectivity index (χ2v) is 7.09. The molecular weight excluding hydrogens is 420 g/mol. The van der Waals surface area contributed by atoms with Crippen LogP contribution in [0.1, 0.15) is 17.0 Å². The lowest BCUT2D eigenvalue weighted by Crippen LogP contribution is -2.38. The normalized spacial score (nSPS) is 10.5. The van der Waals surface area contributed by atoms with Crippen molar-refractivity contribution in [1.29, 1.82) is 10.8 Å². The van der Waals surface area contributed by atoms with E-state index in [1.165, 1.54) is 4.90 Å². The van der Waals surface area contributed by atoms with Crippen molar-refractivity contribution in [3.63, 3.8) is 0 Å². The van der Waals surface area contributed by atoms with Crippen molar-refractivity contribution in [3.8, 4) is 17.1 Å². The molecular formula is C24H22N6O3. The van der Waals surface area contributed by atoms with Gasteiger partial charge in [-0.2, -0.15) is 4.98 Å². The molecule has 0 aliphatic heterocycles. The zero-order valence-electron chi connectivity index (χ0n) is 18.1. The summed E-state index contributed by atoms with van der Waals surface area (Å²) < 4.78 is 16.1. The van der Waals surface area contributed by atoms with Gasteiger partial charge in [0.25, 0.3) is 11.9 Å². The number of benzene rings is 2. The highest BCUT2D eigenvalue weighted by molar-refractivity contribution is 6.21. The molecule has 0 amide bonds. The Morgan fingerprint density at radius 2 is 1.67 bits per heavy atom. The zero-order valence-corrected chi connectivity index (χ0v) is 18.1. The van der Waals surface area contributed by atoms with Crippen LogP contribution in [0.4, 0.5) is 5.69 Å². The topological polar surface area (TPSA) is 121 Å². The first-order chi connectivity index (χ1) is 16.0. The number of ether oxygens (including phenoxy) is 2. The fourth-order valence-electron chi connectivity index (χ4n) is 3.05. The molecule has 4 rings (SSSR count). The third-order valence-electron chi connectivity index (χ3n) is 4.82. The summed E-state index contributed by atoms with van der Waals surface area (Å²) in [6.07, 6.45) is 3.18. The summed E-state index contributed by atoms with van der Waals surface area (Å²) in [6, 6.07) is 17.9. The Morgan fingerprint density at radius 1 is 0.970 bits per heavy atom. The van der Waals surface area contributed by atoms with Gasteiger partial charge in [0.05, 0.1) is 12.8 Å². The highest BCUT2D eigenvalue weighted by Gasteiger charge is 2.22. The molecule has 0 bridgehead atoms. The summed E-state index contributed by atoms with van der Waals surface area (Å²) in [4.78, 5) is 9.70. The Morgan fingerprint density at radius 3 is 2.33 bits per heavy atom. The van der Waals surface area contributed by atoms with Crippen LogP contribution in [-0.2, 0) is 11.3 Å². The van der Waals surface area contributed by atoms with Gasteiger partial charge in [-0.1, -0.05) is 35.0 Å². The molecule has 0 spiro atoms. The molecule has 33 heavy (non-hydrogen) atoms. The lowest BCUT2D eigenvalue weighted by Gasteiger charge is -2.25. The van der Waals surface area contributed by atoms with Crippen LogP contribution in [0.2, 0.25) is 0 Å². The van der Waals surface area contributed by atoms with Gasteiger partial charge in [0.1, 0.15) is 11.6 Å². The Labute approximate surface area is 190 Å². The summed E-state index contributed by atoms with van der Waals surface area (Å²) in [7, 11) is 1.58. The van der Waals surface area contributed by atoms with E-state index in [1.807, 2.05) is 31.2 Å². The Balaban J connectivity index is 1.52. The van der Waals surface area contributed by atoms with E-state index < -0.39 is 0 Å². The number of aryl methyl sites for hydroxylation is 1. The molecule has 2 aromatic heterocycles. The number of aromatic nitrogens is 3. The van der Waals surface area contributed by atoms with Crippen LogP contribution in [0.25, 0.3) is 11.4 Å². The third-order valence-corrected chi connectivity index (χ3v) is 4.82. The number of anilines is 1. The molecule has 2 N–H and O–H groups in total. The standard InChI is InChI=1S/C24H22N6O3/c1-16-3-5-18(6-4-16)23-28-21(33-29-23)15-32-24(26)30(19-7-9-20(31-2)10-8-19)22(25)17-11-13-27-14-12-17/h3-14,25-26H,15H2,1-2H3. The van der Waals surface area contributed by atoms with E-state index in [2.05, 4.69) is 15.1 Å². The van der Waals surface area contributed by atoms with Crippen molar-refractivity contribution in [2.24, 2.45) is 0 Å². The first-order valence-corrected chi connectivity index (χ1v) is 10.1. The van der Waals surface area contributed by atoms with Gasteiger partial charge in [0.2, 0.25) is 5.82 Å². The predicted octanol–water partition coefficient (Wildman–Crippen LogP) is 4.43. The molecule has 2 aromatic carbocycles. The van der Waals surface area contributed by atoms with Gasteiger partial charge < -0.3 is 14.0 Å². The van der Waals surface area contributed by atoms with Crippen LogP contribution in [0, 0.1) is 17.7 Å². The minimum atomic E-state index is -0.267. The summed E-state index contributed by atoms with van der Waals surface area (Å²) in [6.45, 7) is 1.89. The Hall–Kier alpha value is -4.53. The average molecular weight is 442 g/mol. The maximum absolute atomic E-state index is 8.66. The molecule has 0 atom stereocenters. The lowest BCUT2D eigenvalue weighted by molar-refractivity contribution is 0.227. The van der Waals surface area contributed by atoms with Gasteiger partial charge in [-0.05, 0) is 43.3 Å². The number of amidine groups is 2. The van der Waals surface area contributed by atoms with Crippen LogP contribution >= 0.6 is 0 Å². The van der Waals surface area contributed by atoms with Crippen molar-refractivity contribution >= 4 is 17.5 Å². The predicted molar refractivity (Wildman–Crippen MR) is 124 cm³/mol. The Bertz CT molecular complexity index is 1240. The molecule has 4 aromatic rings. The first kappa shape index (κ1) is 21.7. The zero-order chi connectivity index (χ0) is 23.2. The largest absolute Gasteiger partial charge is 0.497 e. The summed E-state index contributed by atoms with van der Waals surface area (Å²) >= 11 is 0. The van der Waals surface area contributed by atoms with Crippen LogP contribution in [-0.4, -0.2) is 34.1 Å². The number of nitrogens with zero attached hydrogens (tertiary/aromatic N) is 4. The minimum Gasteiger partial charge on any atom is -0.497 e. The summed E-state index contributed by atoms with van der Waals surface area (Å²) in [5.41, 5.74) is 3.10. The molecule has 9 nitrogen and oxygen atoms in total. The summed E-state index contributed by atoms with van der Waals surface area (Å²) in [5.74, 6) is 1.38. The fourth-order valence-corrected chi connectivity index (χ4v) is 3.05. The molecule has 0 unspecified atom stereocenters. The van der Waals surface area contributed by atoms with Gasteiger partial charge in [-0.3, -0.25) is 15.8 Å². The van der Waals surface area contributed by atoms with Gasteiger partial charge in [0.15, 0.2) is 6.61 Å². The number of hydrogen-bond donors (Lipinski definition) is 2. The van der Waals surface area contributed by atoms with E-state index in [0.717, 1.165) is 11.1 Å². The molecule has 0 aliphatic carbocycles. The van der Waals surface area contributed by atoms with Crippen molar-refractivity contribution in [3.05, 3.63) is 90.1 Å². The second-order valence-electron chi connectivity index (χ2n) is 7.09. The Kier molecular flexibility index (Phi) is 6.40. The van der Waals surface area contributed by atoms with Gasteiger partial charge >= 0.3 is 0 Å². The number of methoxy groups -OCH3 is 1. The highest BCUT2D eigenvalue weighted by atomic mass is 16.5. The van der Waals surface area contributed by atoms with Crippen LogP contribution in [0.3, 0.4) is 0 Å². The number of hydrogen-bond acceptors (Lipinski definition) is 8. The lowest BCUT2D eigenvalue weighted by atomic mass is 10.1. The van der Waals surface area contributed by atoms with Gasteiger partial charge in [0, 0.05) is 23.5 Å². The minimum absolute atomic E-state index is 0.0541. The summed E-state index contributed by atoms with van der Waals surface area (Å²) in [5, 5.41) is 21.2. The third kappa shape index (κ3) is 5.04. The van der Waals surface area contributed by atoms with Gasteiger partial charge in [-0.15, -0.1) is 0 Å². The van der Waals surface area contributed by atoms with E-state index in [-0.39, 0.29) is 24.4 Å². The maximum Gasteiger partial charge on any atom is 0.295 e. The molecule has 0 fully saturated rings. The molecule has 0 saturated heterocycles. The first-order valence-electron chi connectivity index (χ1n) is 10.1. The van der Waals surface area contributed by atoms with Crippen LogP contribution < -0.4 is 9.64 Å². The van der Waals surface area contributed by atoms with E-state index >= 15 is 0 Å². The van der Waals surface area contributed by atoms with Crippen LogP contribution in [0.5, 0.6) is 5.75 Å². The van der Waals surface area contributed by atoms with Crippen LogP contribution in [0.15, 0.2) is 77.6 Å². The monoisotopic (exact) mass is 442 g/mol. The van der Waals surface area contributed by atoms with Crippen molar-refractivity contribution in [1.82, 2.24) is 15.1 Å². The van der Waals surface area contributed by atoms with E-state index in [9.17, 15) is 0 Å². The molecule has 2 heterocycles. The smallest absolute Gasteiger partial charge is 0.295 e. The average Bonchev–Trinajstić information content (AvgIpc) is 3.33. The number of rotatable bonds is 6. The molecule has 0 radical (unpaired) electrons. The maximum atomic E-state index is 8.66.